The molecule has 1 saturated heterocycles. The first-order chi connectivity index (χ1) is 12.4. The van der Waals surface area contributed by atoms with Gasteiger partial charge in [0.1, 0.15) is 5.60 Å². The summed E-state index contributed by atoms with van der Waals surface area (Å²) >= 11 is 0. The molecule has 2 aromatic carbocycles. The lowest BCUT2D eigenvalue weighted by atomic mass is 9.99. The zero-order valence-electron chi connectivity index (χ0n) is 15.9. The summed E-state index contributed by atoms with van der Waals surface area (Å²) in [5.74, 6) is 0. The number of hydrogen-bond acceptors (Lipinski definition) is 3. The van der Waals surface area contributed by atoms with E-state index in [4.69, 9.17) is 4.74 Å². The van der Waals surface area contributed by atoms with E-state index in [1.54, 1.807) is 4.90 Å². The van der Waals surface area contributed by atoms with E-state index in [0.717, 1.165) is 19.5 Å². The average molecular weight is 352 g/mol. The normalized spacial score (nSPS) is 17.3. The minimum atomic E-state index is -0.447. The molecule has 0 spiro atoms. The van der Waals surface area contributed by atoms with Crippen molar-refractivity contribution in [1.29, 1.82) is 0 Å². The topological polar surface area (TPSA) is 41.6 Å². The largest absolute Gasteiger partial charge is 0.444 e. The van der Waals surface area contributed by atoms with Crippen LogP contribution >= 0.6 is 0 Å². The molecule has 0 bridgehead atoms. The van der Waals surface area contributed by atoms with Crippen molar-refractivity contribution in [3.8, 4) is 11.1 Å². The third kappa shape index (κ3) is 4.85. The van der Waals surface area contributed by atoms with Crippen LogP contribution < -0.4 is 5.32 Å². The highest BCUT2D eigenvalue weighted by molar-refractivity contribution is 5.68. The first-order valence-electron chi connectivity index (χ1n) is 9.27. The monoisotopic (exact) mass is 352 g/mol. The molecule has 1 aliphatic rings. The number of amides is 1. The summed E-state index contributed by atoms with van der Waals surface area (Å²) in [4.78, 5) is 14.0. The number of carbonyl (C=O) groups is 1. The van der Waals surface area contributed by atoms with E-state index in [9.17, 15) is 4.79 Å². The fourth-order valence-corrected chi connectivity index (χ4v) is 3.25. The molecule has 3 rings (SSSR count). The number of likely N-dealkylation sites (tertiary alicyclic amines) is 1. The molecule has 0 unspecified atom stereocenters. The first kappa shape index (κ1) is 18.5. The SMILES string of the molecule is CC(C)(C)OC(=O)N1CC[C@H](NCc2ccccc2-c2ccccc2)C1. The fourth-order valence-electron chi connectivity index (χ4n) is 3.25. The van der Waals surface area contributed by atoms with Crippen LogP contribution in [0.1, 0.15) is 32.8 Å². The summed E-state index contributed by atoms with van der Waals surface area (Å²) in [5, 5.41) is 3.61. The molecule has 4 nitrogen and oxygen atoms in total. The van der Waals surface area contributed by atoms with Crippen LogP contribution in [0.25, 0.3) is 11.1 Å². The molecule has 1 amide bonds. The maximum Gasteiger partial charge on any atom is 0.410 e. The summed E-state index contributed by atoms with van der Waals surface area (Å²) in [6.45, 7) is 7.93. The Labute approximate surface area is 156 Å². The van der Waals surface area contributed by atoms with Gasteiger partial charge in [0, 0.05) is 25.7 Å². The lowest BCUT2D eigenvalue weighted by Gasteiger charge is -2.24. The van der Waals surface area contributed by atoms with Gasteiger partial charge in [0.15, 0.2) is 0 Å². The van der Waals surface area contributed by atoms with E-state index in [1.165, 1.54) is 16.7 Å². The molecule has 0 aliphatic carbocycles. The highest BCUT2D eigenvalue weighted by atomic mass is 16.6. The fraction of sp³-hybridized carbons (Fsp3) is 0.409. The second-order valence-corrected chi connectivity index (χ2v) is 7.82. The van der Waals surface area contributed by atoms with Gasteiger partial charge in [-0.2, -0.15) is 0 Å². The average Bonchev–Trinajstić information content (AvgIpc) is 3.09. The van der Waals surface area contributed by atoms with Crippen LogP contribution in [0.15, 0.2) is 54.6 Å². The lowest BCUT2D eigenvalue weighted by molar-refractivity contribution is 0.0291. The molecule has 2 aromatic rings. The van der Waals surface area contributed by atoms with Crippen molar-refractivity contribution in [2.75, 3.05) is 13.1 Å². The zero-order chi connectivity index (χ0) is 18.6. The number of rotatable bonds is 4. The van der Waals surface area contributed by atoms with Crippen molar-refractivity contribution >= 4 is 6.09 Å². The Kier molecular flexibility index (Phi) is 5.62. The van der Waals surface area contributed by atoms with Crippen LogP contribution in [-0.4, -0.2) is 35.7 Å². The maximum atomic E-state index is 12.2. The van der Waals surface area contributed by atoms with Crippen molar-refractivity contribution in [3.05, 3.63) is 60.2 Å². The highest BCUT2D eigenvalue weighted by Gasteiger charge is 2.29. The Morgan fingerprint density at radius 3 is 2.54 bits per heavy atom. The minimum Gasteiger partial charge on any atom is -0.444 e. The molecular weight excluding hydrogens is 324 g/mol. The van der Waals surface area contributed by atoms with Gasteiger partial charge in [-0.25, -0.2) is 4.79 Å². The molecule has 1 aliphatic heterocycles. The first-order valence-corrected chi connectivity index (χ1v) is 9.27. The predicted molar refractivity (Wildman–Crippen MR) is 105 cm³/mol. The molecule has 138 valence electrons. The van der Waals surface area contributed by atoms with Crippen molar-refractivity contribution in [2.24, 2.45) is 0 Å². The van der Waals surface area contributed by atoms with E-state index >= 15 is 0 Å². The van der Waals surface area contributed by atoms with Crippen LogP contribution in [0.5, 0.6) is 0 Å². The van der Waals surface area contributed by atoms with Gasteiger partial charge in [-0.3, -0.25) is 0 Å². The standard InChI is InChI=1S/C22H28N2O2/c1-22(2,3)26-21(25)24-14-13-19(16-24)23-15-18-11-7-8-12-20(18)17-9-5-4-6-10-17/h4-12,19,23H,13-16H2,1-3H3/t19-/m0/s1. The van der Waals surface area contributed by atoms with Gasteiger partial charge in [-0.15, -0.1) is 0 Å². The summed E-state index contributed by atoms with van der Waals surface area (Å²) in [6, 6.07) is 19.2. The Morgan fingerprint density at radius 1 is 1.12 bits per heavy atom. The third-order valence-electron chi connectivity index (χ3n) is 4.52. The second kappa shape index (κ2) is 7.92. The van der Waals surface area contributed by atoms with E-state index in [0.29, 0.717) is 12.6 Å². The van der Waals surface area contributed by atoms with Gasteiger partial charge in [-0.05, 0) is 43.9 Å². The molecule has 0 saturated carbocycles. The van der Waals surface area contributed by atoms with Crippen LogP contribution in [0.3, 0.4) is 0 Å². The number of carbonyl (C=O) groups excluding carboxylic acids is 1. The van der Waals surface area contributed by atoms with E-state index in [1.807, 2.05) is 26.8 Å². The summed E-state index contributed by atoms with van der Waals surface area (Å²) < 4.78 is 5.47. The summed E-state index contributed by atoms with van der Waals surface area (Å²) in [5.41, 5.74) is 3.31. The minimum absolute atomic E-state index is 0.216. The zero-order valence-corrected chi connectivity index (χ0v) is 15.9. The van der Waals surface area contributed by atoms with Gasteiger partial charge < -0.3 is 15.0 Å². The smallest absolute Gasteiger partial charge is 0.410 e. The number of nitrogens with one attached hydrogen (secondary N) is 1. The molecule has 26 heavy (non-hydrogen) atoms. The van der Waals surface area contributed by atoms with E-state index in [-0.39, 0.29) is 6.09 Å². The van der Waals surface area contributed by atoms with Crippen LogP contribution in [0.4, 0.5) is 4.79 Å². The Hall–Kier alpha value is -2.33. The highest BCUT2D eigenvalue weighted by Crippen LogP contribution is 2.24. The van der Waals surface area contributed by atoms with E-state index < -0.39 is 5.60 Å². The van der Waals surface area contributed by atoms with Crippen molar-refractivity contribution in [3.63, 3.8) is 0 Å². The van der Waals surface area contributed by atoms with Crippen molar-refractivity contribution in [2.45, 2.75) is 45.4 Å². The summed E-state index contributed by atoms with van der Waals surface area (Å²) in [6.07, 6.45) is 0.735. The predicted octanol–water partition coefficient (Wildman–Crippen LogP) is 4.45. The lowest BCUT2D eigenvalue weighted by Crippen LogP contribution is -2.38. The molecule has 1 heterocycles. The number of benzene rings is 2. The third-order valence-corrected chi connectivity index (χ3v) is 4.52. The Bertz CT molecular complexity index is 737. The van der Waals surface area contributed by atoms with E-state index in [2.05, 4.69) is 53.8 Å². The number of nitrogens with zero attached hydrogens (tertiary/aromatic N) is 1. The van der Waals surface area contributed by atoms with Crippen molar-refractivity contribution in [1.82, 2.24) is 10.2 Å². The number of hydrogen-bond donors (Lipinski definition) is 1. The van der Waals surface area contributed by atoms with Gasteiger partial charge >= 0.3 is 6.09 Å². The number of ether oxygens (including phenoxy) is 1. The van der Waals surface area contributed by atoms with Gasteiger partial charge in [-0.1, -0.05) is 54.6 Å². The second-order valence-electron chi connectivity index (χ2n) is 7.82. The molecule has 0 radical (unpaired) electrons. The summed E-state index contributed by atoms with van der Waals surface area (Å²) in [7, 11) is 0. The molecule has 1 N–H and O–H groups in total. The van der Waals surface area contributed by atoms with Gasteiger partial charge in [0.25, 0.3) is 0 Å². The Morgan fingerprint density at radius 2 is 1.81 bits per heavy atom. The van der Waals surface area contributed by atoms with Gasteiger partial charge in [0.05, 0.1) is 0 Å². The van der Waals surface area contributed by atoms with Crippen molar-refractivity contribution < 1.29 is 9.53 Å². The molecule has 1 fully saturated rings. The maximum absolute atomic E-state index is 12.2. The molecule has 1 atom stereocenters. The Balaban J connectivity index is 1.59. The van der Waals surface area contributed by atoms with Crippen LogP contribution in [0.2, 0.25) is 0 Å². The van der Waals surface area contributed by atoms with Gasteiger partial charge in [0.2, 0.25) is 0 Å². The molecular formula is C22H28N2O2. The van der Waals surface area contributed by atoms with Crippen LogP contribution in [0, 0.1) is 0 Å². The quantitative estimate of drug-likeness (QED) is 0.884. The molecule has 4 heteroatoms. The van der Waals surface area contributed by atoms with Crippen LogP contribution in [-0.2, 0) is 11.3 Å². The molecule has 0 aromatic heterocycles.